The van der Waals surface area contributed by atoms with Gasteiger partial charge in [-0.15, -0.1) is 0 Å². The Bertz CT molecular complexity index is 952. The first-order chi connectivity index (χ1) is 14.3. The molecule has 8 heteroatoms. The molecule has 1 aliphatic rings. The Morgan fingerprint density at radius 3 is 2.50 bits per heavy atom. The van der Waals surface area contributed by atoms with Crippen LogP contribution in [0.2, 0.25) is 0 Å². The number of carbonyl (C=O) groups is 2. The summed E-state index contributed by atoms with van der Waals surface area (Å²) in [5, 5.41) is 1.67. The van der Waals surface area contributed by atoms with Crippen molar-refractivity contribution in [2.45, 2.75) is 19.0 Å². The maximum atomic E-state index is 12.5. The highest BCUT2D eigenvalue weighted by Gasteiger charge is 2.38. The van der Waals surface area contributed by atoms with Crippen LogP contribution in [0.4, 0.5) is 19.0 Å². The molecule has 0 aliphatic carbocycles. The van der Waals surface area contributed by atoms with E-state index in [4.69, 9.17) is 0 Å². The zero-order chi connectivity index (χ0) is 21.6. The summed E-state index contributed by atoms with van der Waals surface area (Å²) in [6.45, 7) is 1.21. The molecule has 0 spiro atoms. The fourth-order valence-electron chi connectivity index (χ4n) is 3.04. The second-order valence-electron chi connectivity index (χ2n) is 6.72. The highest BCUT2D eigenvalue weighted by Crippen LogP contribution is 2.22. The molecule has 1 N–H and O–H groups in total. The molecule has 0 radical (unpaired) electrons. The van der Waals surface area contributed by atoms with E-state index in [0.29, 0.717) is 18.7 Å². The Balaban J connectivity index is 1.55. The summed E-state index contributed by atoms with van der Waals surface area (Å²) in [6.07, 6.45) is 2.95. The van der Waals surface area contributed by atoms with E-state index in [1.807, 2.05) is 18.2 Å². The molecular formula is C22H20F3N3O2. The zero-order valence-corrected chi connectivity index (χ0v) is 16.0. The predicted molar refractivity (Wildman–Crippen MR) is 108 cm³/mol. The van der Waals surface area contributed by atoms with E-state index in [2.05, 4.69) is 23.2 Å². The second-order valence-corrected chi connectivity index (χ2v) is 6.72. The molecule has 0 unspecified atom stereocenters. The molecule has 2 amide bonds. The predicted octanol–water partition coefficient (Wildman–Crippen LogP) is 4.30. The number of rotatable bonds is 4. The van der Waals surface area contributed by atoms with Gasteiger partial charge in [0.25, 0.3) is 0 Å². The lowest BCUT2D eigenvalue weighted by Crippen LogP contribution is -2.30. The number of nitrogens with one attached hydrogen (secondary N) is 1. The van der Waals surface area contributed by atoms with Crippen LogP contribution in [-0.4, -0.2) is 41.0 Å². The Morgan fingerprint density at radius 2 is 1.83 bits per heavy atom. The van der Waals surface area contributed by atoms with Gasteiger partial charge in [0.15, 0.2) is 0 Å². The summed E-state index contributed by atoms with van der Waals surface area (Å²) in [4.78, 5) is 28.9. The lowest BCUT2D eigenvalue weighted by Gasteiger charge is -2.18. The van der Waals surface area contributed by atoms with Crippen LogP contribution >= 0.6 is 0 Å². The zero-order valence-electron chi connectivity index (χ0n) is 16.0. The first-order valence-corrected chi connectivity index (χ1v) is 9.38. The number of benzene rings is 1. The average molecular weight is 415 g/mol. The molecule has 1 aromatic carbocycles. The lowest BCUT2D eigenvalue weighted by molar-refractivity contribution is -0.167. The van der Waals surface area contributed by atoms with Gasteiger partial charge in [-0.3, -0.25) is 9.59 Å². The summed E-state index contributed by atoms with van der Waals surface area (Å²) in [7, 11) is 0. The number of anilines is 1. The van der Waals surface area contributed by atoms with Crippen LogP contribution < -0.4 is 5.32 Å². The van der Waals surface area contributed by atoms with Gasteiger partial charge in [0.2, 0.25) is 5.91 Å². The van der Waals surface area contributed by atoms with Crippen molar-refractivity contribution in [2.24, 2.45) is 0 Å². The Kier molecular flexibility index (Phi) is 6.66. The standard InChI is InChI=1S/C22H20F3N3O2/c23-22(24,25)21(30)27-19-10-8-16(15-26-19)9-11-20(29)28-13-4-7-18(12-14-28)17-5-2-1-3-6-17/h1-3,5-11,15H,4,12-14H2,(H,26,27,30). The molecule has 1 aromatic heterocycles. The molecule has 3 rings (SSSR count). The average Bonchev–Trinajstić information content (AvgIpc) is 2.99. The molecule has 0 saturated carbocycles. The second kappa shape index (κ2) is 9.39. The van der Waals surface area contributed by atoms with Crippen LogP contribution in [0.5, 0.6) is 0 Å². The fourth-order valence-corrected chi connectivity index (χ4v) is 3.04. The number of pyridine rings is 1. The molecule has 0 atom stereocenters. The highest BCUT2D eigenvalue weighted by atomic mass is 19.4. The van der Waals surface area contributed by atoms with E-state index in [1.165, 1.54) is 30.0 Å². The maximum Gasteiger partial charge on any atom is 0.471 e. The first kappa shape index (κ1) is 21.3. The van der Waals surface area contributed by atoms with E-state index < -0.39 is 12.1 Å². The normalized spacial score (nSPS) is 14.9. The van der Waals surface area contributed by atoms with Gasteiger partial charge in [0.05, 0.1) is 0 Å². The third kappa shape index (κ3) is 5.79. The van der Waals surface area contributed by atoms with Crippen LogP contribution in [0, 0.1) is 0 Å². The van der Waals surface area contributed by atoms with Crippen molar-refractivity contribution in [1.29, 1.82) is 0 Å². The smallest absolute Gasteiger partial charge is 0.339 e. The molecule has 0 bridgehead atoms. The van der Waals surface area contributed by atoms with Gasteiger partial charge >= 0.3 is 12.1 Å². The summed E-state index contributed by atoms with van der Waals surface area (Å²) < 4.78 is 36.8. The number of hydrogen-bond donors (Lipinski definition) is 1. The van der Waals surface area contributed by atoms with Gasteiger partial charge in [0, 0.05) is 25.4 Å². The molecule has 2 aromatic rings. The minimum Gasteiger partial charge on any atom is -0.339 e. The van der Waals surface area contributed by atoms with E-state index >= 15 is 0 Å². The topological polar surface area (TPSA) is 62.3 Å². The van der Waals surface area contributed by atoms with Gasteiger partial charge in [0.1, 0.15) is 5.82 Å². The molecule has 5 nitrogen and oxygen atoms in total. The van der Waals surface area contributed by atoms with Crippen molar-refractivity contribution in [3.8, 4) is 0 Å². The molecule has 30 heavy (non-hydrogen) atoms. The number of amides is 2. The van der Waals surface area contributed by atoms with E-state index in [9.17, 15) is 22.8 Å². The monoisotopic (exact) mass is 415 g/mol. The van der Waals surface area contributed by atoms with Gasteiger partial charge in [-0.2, -0.15) is 13.2 Å². The number of nitrogens with zero attached hydrogens (tertiary/aromatic N) is 2. The quantitative estimate of drug-likeness (QED) is 0.758. The van der Waals surface area contributed by atoms with Gasteiger partial charge in [-0.25, -0.2) is 4.98 Å². The van der Waals surface area contributed by atoms with Gasteiger partial charge < -0.3 is 10.2 Å². The van der Waals surface area contributed by atoms with Crippen LogP contribution in [-0.2, 0) is 9.59 Å². The number of halogens is 3. The number of hydrogen-bond acceptors (Lipinski definition) is 3. The number of alkyl halides is 3. The minimum atomic E-state index is -4.98. The third-order valence-corrected chi connectivity index (χ3v) is 4.60. The lowest BCUT2D eigenvalue weighted by atomic mass is 10.0. The van der Waals surface area contributed by atoms with Crippen molar-refractivity contribution >= 4 is 29.3 Å². The van der Waals surface area contributed by atoms with Crippen molar-refractivity contribution < 1.29 is 22.8 Å². The number of aromatic nitrogens is 1. The fraction of sp³-hybridized carbons (Fsp3) is 0.227. The molecule has 1 aliphatic heterocycles. The van der Waals surface area contributed by atoms with Crippen molar-refractivity contribution in [3.05, 3.63) is 71.9 Å². The molecule has 0 fully saturated rings. The van der Waals surface area contributed by atoms with Crippen molar-refractivity contribution in [2.75, 3.05) is 18.4 Å². The first-order valence-electron chi connectivity index (χ1n) is 9.38. The van der Waals surface area contributed by atoms with Crippen LogP contribution in [0.15, 0.2) is 60.8 Å². The number of carbonyl (C=O) groups excluding carboxylic acids is 2. The third-order valence-electron chi connectivity index (χ3n) is 4.60. The summed E-state index contributed by atoms with van der Waals surface area (Å²) in [5.74, 6) is -2.45. The summed E-state index contributed by atoms with van der Waals surface area (Å²) in [5.41, 5.74) is 2.91. The SMILES string of the molecule is O=C(C=Cc1ccc(NC(=O)C(F)(F)F)nc1)N1CCC=C(c2ccccc2)CC1. The van der Waals surface area contributed by atoms with Crippen LogP contribution in [0.3, 0.4) is 0 Å². The Labute approximate surface area is 171 Å². The van der Waals surface area contributed by atoms with E-state index in [0.717, 1.165) is 18.4 Å². The van der Waals surface area contributed by atoms with Crippen molar-refractivity contribution in [1.82, 2.24) is 9.88 Å². The Hall–Kier alpha value is -3.42. The molecule has 2 heterocycles. The maximum absolute atomic E-state index is 12.5. The van der Waals surface area contributed by atoms with Gasteiger partial charge in [-0.05, 0) is 47.8 Å². The van der Waals surface area contributed by atoms with Crippen molar-refractivity contribution in [3.63, 3.8) is 0 Å². The molecule has 156 valence electrons. The minimum absolute atomic E-state index is 0.146. The highest BCUT2D eigenvalue weighted by molar-refractivity contribution is 5.94. The van der Waals surface area contributed by atoms with E-state index in [1.54, 1.807) is 16.3 Å². The van der Waals surface area contributed by atoms with Crippen LogP contribution in [0.1, 0.15) is 24.0 Å². The van der Waals surface area contributed by atoms with Gasteiger partial charge in [-0.1, -0.05) is 36.4 Å². The van der Waals surface area contributed by atoms with Crippen LogP contribution in [0.25, 0.3) is 11.6 Å². The Morgan fingerprint density at radius 1 is 1.07 bits per heavy atom. The molecule has 0 saturated heterocycles. The molecular weight excluding hydrogens is 395 g/mol. The largest absolute Gasteiger partial charge is 0.471 e. The summed E-state index contributed by atoms with van der Waals surface area (Å²) in [6, 6.07) is 12.8. The van der Waals surface area contributed by atoms with E-state index in [-0.39, 0.29) is 11.7 Å². The summed E-state index contributed by atoms with van der Waals surface area (Å²) >= 11 is 0.